The lowest BCUT2D eigenvalue weighted by Gasteiger charge is -2.11. The highest BCUT2D eigenvalue weighted by Crippen LogP contribution is 2.21. The van der Waals surface area contributed by atoms with Crippen LogP contribution in [0.4, 0.5) is 5.69 Å². The third-order valence-corrected chi connectivity index (χ3v) is 4.62. The summed E-state index contributed by atoms with van der Waals surface area (Å²) in [5.41, 5.74) is 8.06. The molecule has 0 bridgehead atoms. The van der Waals surface area contributed by atoms with Crippen LogP contribution in [0.3, 0.4) is 0 Å². The van der Waals surface area contributed by atoms with Crippen molar-refractivity contribution < 1.29 is 8.42 Å². The number of benzene rings is 1. The summed E-state index contributed by atoms with van der Waals surface area (Å²) in [6.45, 7) is 4.46. The highest BCUT2D eigenvalue weighted by atomic mass is 32.2. The summed E-state index contributed by atoms with van der Waals surface area (Å²) in [5.74, 6) is 0. The summed E-state index contributed by atoms with van der Waals surface area (Å²) in [5, 5.41) is 4.01. The minimum absolute atomic E-state index is 0.193. The summed E-state index contributed by atoms with van der Waals surface area (Å²) < 4.78 is 28.6. The molecule has 0 saturated carbocycles. The second-order valence-corrected chi connectivity index (χ2v) is 6.39. The number of aromatic nitrogens is 2. The molecule has 0 aliphatic heterocycles. The molecule has 1 heterocycles. The van der Waals surface area contributed by atoms with Crippen molar-refractivity contribution in [1.82, 2.24) is 14.5 Å². The minimum atomic E-state index is -3.55. The van der Waals surface area contributed by atoms with E-state index < -0.39 is 10.0 Å². The smallest absolute Gasteiger partial charge is 0.240 e. The quantitative estimate of drug-likeness (QED) is 0.807. The van der Waals surface area contributed by atoms with Gasteiger partial charge in [0.2, 0.25) is 10.0 Å². The van der Waals surface area contributed by atoms with E-state index in [-0.39, 0.29) is 11.4 Å². The van der Waals surface area contributed by atoms with Crippen LogP contribution < -0.4 is 10.5 Å². The van der Waals surface area contributed by atoms with Gasteiger partial charge in [0.05, 0.1) is 11.4 Å². The fourth-order valence-electron chi connectivity index (χ4n) is 1.82. The van der Waals surface area contributed by atoms with E-state index in [1.54, 1.807) is 29.2 Å². The Morgan fingerprint density at radius 1 is 1.35 bits per heavy atom. The van der Waals surface area contributed by atoms with Gasteiger partial charge in [0.1, 0.15) is 0 Å². The van der Waals surface area contributed by atoms with Crippen LogP contribution >= 0.6 is 0 Å². The average molecular weight is 294 g/mol. The number of nitrogens with one attached hydrogen (secondary N) is 1. The van der Waals surface area contributed by atoms with Crippen molar-refractivity contribution in [3.05, 3.63) is 41.7 Å². The Kier molecular flexibility index (Phi) is 4.10. The first-order valence-electron chi connectivity index (χ1n) is 6.24. The molecule has 1 aromatic heterocycles. The normalized spacial score (nSPS) is 11.7. The Morgan fingerprint density at radius 2 is 2.10 bits per heavy atom. The Hall–Kier alpha value is -1.86. The molecule has 108 valence electrons. The first-order chi connectivity index (χ1) is 9.40. The molecular formula is C13H18N4O2S. The Morgan fingerprint density at radius 3 is 2.70 bits per heavy atom. The number of aryl methyl sites for hydroxylation is 1. The van der Waals surface area contributed by atoms with Crippen LogP contribution in [-0.4, -0.2) is 24.7 Å². The molecule has 0 spiro atoms. The maximum atomic E-state index is 12.2. The molecule has 3 N–H and O–H groups in total. The number of anilines is 1. The van der Waals surface area contributed by atoms with E-state index in [9.17, 15) is 8.42 Å². The van der Waals surface area contributed by atoms with E-state index in [0.29, 0.717) is 12.2 Å². The first kappa shape index (κ1) is 14.5. The molecule has 0 aliphatic rings. The minimum Gasteiger partial charge on any atom is -0.398 e. The van der Waals surface area contributed by atoms with Crippen molar-refractivity contribution in [3.63, 3.8) is 0 Å². The molecule has 0 amide bonds. The first-order valence-corrected chi connectivity index (χ1v) is 7.72. The fraction of sp³-hybridized carbons (Fsp3) is 0.308. The molecule has 7 heteroatoms. The highest BCUT2D eigenvalue weighted by molar-refractivity contribution is 7.89. The average Bonchev–Trinajstić information content (AvgIpc) is 2.88. The van der Waals surface area contributed by atoms with Gasteiger partial charge in [-0.15, -0.1) is 0 Å². The van der Waals surface area contributed by atoms with Crippen LogP contribution in [0.2, 0.25) is 0 Å². The van der Waals surface area contributed by atoms with Crippen LogP contribution in [0.1, 0.15) is 11.1 Å². The SMILES string of the molecule is Cc1cc(S(=O)(=O)NCCn2cccn2)cc(N)c1C. The van der Waals surface area contributed by atoms with E-state index in [1.807, 2.05) is 13.8 Å². The molecule has 20 heavy (non-hydrogen) atoms. The Labute approximate surface area is 118 Å². The lowest BCUT2D eigenvalue weighted by atomic mass is 10.1. The molecule has 0 atom stereocenters. The van der Waals surface area contributed by atoms with Gasteiger partial charge in [0.25, 0.3) is 0 Å². The summed E-state index contributed by atoms with van der Waals surface area (Å²) in [6.07, 6.45) is 3.43. The number of sulfonamides is 1. The maximum Gasteiger partial charge on any atom is 0.240 e. The number of nitrogens with two attached hydrogens (primary N) is 1. The molecule has 6 nitrogen and oxygen atoms in total. The van der Waals surface area contributed by atoms with Gasteiger partial charge in [-0.3, -0.25) is 4.68 Å². The van der Waals surface area contributed by atoms with Crippen molar-refractivity contribution in [2.75, 3.05) is 12.3 Å². The van der Waals surface area contributed by atoms with Crippen molar-refractivity contribution in [2.45, 2.75) is 25.3 Å². The van der Waals surface area contributed by atoms with E-state index in [4.69, 9.17) is 5.73 Å². The van der Waals surface area contributed by atoms with Gasteiger partial charge in [0, 0.05) is 24.6 Å². The molecule has 0 unspecified atom stereocenters. The van der Waals surface area contributed by atoms with Crippen molar-refractivity contribution in [1.29, 1.82) is 0 Å². The van der Waals surface area contributed by atoms with Gasteiger partial charge in [-0.25, -0.2) is 13.1 Å². The molecule has 0 radical (unpaired) electrons. The van der Waals surface area contributed by atoms with Crippen molar-refractivity contribution in [2.24, 2.45) is 0 Å². The standard InChI is InChI=1S/C13H18N4O2S/c1-10-8-12(9-13(14)11(10)2)20(18,19)16-5-7-17-6-3-4-15-17/h3-4,6,8-9,16H,5,7,14H2,1-2H3. The van der Waals surface area contributed by atoms with Gasteiger partial charge in [-0.05, 0) is 43.2 Å². The van der Waals surface area contributed by atoms with Crippen molar-refractivity contribution in [3.8, 4) is 0 Å². The van der Waals surface area contributed by atoms with Gasteiger partial charge in [-0.2, -0.15) is 5.10 Å². The number of rotatable bonds is 5. The molecule has 0 aliphatic carbocycles. The molecule has 0 fully saturated rings. The zero-order chi connectivity index (χ0) is 14.8. The number of nitrogen functional groups attached to an aromatic ring is 1. The monoisotopic (exact) mass is 294 g/mol. The van der Waals surface area contributed by atoms with E-state index >= 15 is 0 Å². The molecule has 0 saturated heterocycles. The predicted octanol–water partition coefficient (Wildman–Crippen LogP) is 1.06. The van der Waals surface area contributed by atoms with E-state index in [2.05, 4.69) is 9.82 Å². The molecule has 2 rings (SSSR count). The van der Waals surface area contributed by atoms with Crippen LogP contribution in [0.25, 0.3) is 0 Å². The number of hydrogen-bond acceptors (Lipinski definition) is 4. The molecule has 1 aromatic carbocycles. The lowest BCUT2D eigenvalue weighted by molar-refractivity contribution is 0.561. The van der Waals surface area contributed by atoms with Gasteiger partial charge in [0.15, 0.2) is 0 Å². The Balaban J connectivity index is 2.10. The number of hydrogen-bond donors (Lipinski definition) is 2. The maximum absolute atomic E-state index is 12.2. The third kappa shape index (κ3) is 3.17. The largest absolute Gasteiger partial charge is 0.398 e. The summed E-state index contributed by atoms with van der Waals surface area (Å²) in [4.78, 5) is 0.193. The zero-order valence-electron chi connectivity index (χ0n) is 11.5. The summed E-state index contributed by atoms with van der Waals surface area (Å²) in [6, 6.07) is 4.90. The van der Waals surface area contributed by atoms with Crippen LogP contribution in [-0.2, 0) is 16.6 Å². The molecular weight excluding hydrogens is 276 g/mol. The van der Waals surface area contributed by atoms with Crippen LogP contribution in [0, 0.1) is 13.8 Å². The third-order valence-electron chi connectivity index (χ3n) is 3.18. The van der Waals surface area contributed by atoms with E-state index in [0.717, 1.165) is 11.1 Å². The second kappa shape index (κ2) is 5.64. The van der Waals surface area contributed by atoms with Gasteiger partial charge in [-0.1, -0.05) is 0 Å². The highest BCUT2D eigenvalue weighted by Gasteiger charge is 2.15. The van der Waals surface area contributed by atoms with Crippen molar-refractivity contribution >= 4 is 15.7 Å². The second-order valence-electron chi connectivity index (χ2n) is 4.62. The van der Waals surface area contributed by atoms with E-state index in [1.165, 1.54) is 6.07 Å². The van der Waals surface area contributed by atoms with Crippen LogP contribution in [0.5, 0.6) is 0 Å². The van der Waals surface area contributed by atoms with Gasteiger partial charge >= 0.3 is 0 Å². The van der Waals surface area contributed by atoms with Gasteiger partial charge < -0.3 is 5.73 Å². The fourth-order valence-corrected chi connectivity index (χ4v) is 2.96. The predicted molar refractivity (Wildman–Crippen MR) is 77.7 cm³/mol. The van der Waals surface area contributed by atoms with Crippen LogP contribution in [0.15, 0.2) is 35.5 Å². The lowest BCUT2D eigenvalue weighted by Crippen LogP contribution is -2.27. The molecule has 2 aromatic rings. The topological polar surface area (TPSA) is 90.0 Å². The number of nitrogens with zero attached hydrogens (tertiary/aromatic N) is 2. The zero-order valence-corrected chi connectivity index (χ0v) is 12.3. The Bertz CT molecular complexity index is 670. The summed E-state index contributed by atoms with van der Waals surface area (Å²) >= 11 is 0. The summed E-state index contributed by atoms with van der Waals surface area (Å²) in [7, 11) is -3.55.